The van der Waals surface area contributed by atoms with E-state index >= 15 is 0 Å². The second kappa shape index (κ2) is 9.69. The molecule has 1 aromatic heterocycles. The van der Waals surface area contributed by atoms with E-state index in [0.717, 1.165) is 43.5 Å². The van der Waals surface area contributed by atoms with Gasteiger partial charge in [-0.05, 0) is 68.0 Å². The van der Waals surface area contributed by atoms with Crippen LogP contribution < -0.4 is 15.0 Å². The van der Waals surface area contributed by atoms with E-state index in [1.54, 1.807) is 18.3 Å². The van der Waals surface area contributed by atoms with Gasteiger partial charge in [0.1, 0.15) is 12.1 Å². The van der Waals surface area contributed by atoms with E-state index in [2.05, 4.69) is 29.0 Å². The molecule has 3 heterocycles. The quantitative estimate of drug-likeness (QED) is 0.700. The minimum Gasteiger partial charge on any atom is -0.436 e. The van der Waals surface area contributed by atoms with Crippen LogP contribution in [0.5, 0.6) is 11.6 Å². The highest BCUT2D eigenvalue weighted by Gasteiger charge is 2.30. The topological polar surface area (TPSA) is 74.8 Å². The number of fused-ring (bicyclic) bond motifs is 2. The van der Waals surface area contributed by atoms with Crippen LogP contribution >= 0.6 is 0 Å². The number of piperidine rings is 1. The number of nitrogens with zero attached hydrogens (tertiary/aromatic N) is 3. The van der Waals surface area contributed by atoms with Crippen LogP contribution in [0.3, 0.4) is 0 Å². The van der Waals surface area contributed by atoms with Crippen LogP contribution in [-0.4, -0.2) is 54.4 Å². The number of likely N-dealkylation sites (tertiary alicyclic amines) is 1. The number of anilines is 1. The number of aryl methyl sites for hydroxylation is 1. The van der Waals surface area contributed by atoms with Gasteiger partial charge in [-0.1, -0.05) is 19.9 Å². The molecule has 1 saturated heterocycles. The zero-order valence-corrected chi connectivity index (χ0v) is 19.1. The normalized spacial score (nSPS) is 20.7. The highest BCUT2D eigenvalue weighted by Crippen LogP contribution is 2.38. The number of carbonyl (C=O) groups excluding carboxylic acids is 2. The molecule has 0 unspecified atom stereocenters. The maximum absolute atomic E-state index is 13.3. The van der Waals surface area contributed by atoms with Gasteiger partial charge in [0.2, 0.25) is 11.8 Å². The Morgan fingerprint density at radius 2 is 2.00 bits per heavy atom. The summed E-state index contributed by atoms with van der Waals surface area (Å²) < 4.78 is 5.91. The summed E-state index contributed by atoms with van der Waals surface area (Å²) in [5.74, 6) is 1.76. The van der Waals surface area contributed by atoms with Gasteiger partial charge in [0.25, 0.3) is 5.91 Å². The van der Waals surface area contributed by atoms with E-state index in [-0.39, 0.29) is 24.2 Å². The number of hydrogen-bond acceptors (Lipinski definition) is 5. The summed E-state index contributed by atoms with van der Waals surface area (Å²) in [6.07, 6.45) is 3.78. The zero-order chi connectivity index (χ0) is 22.7. The van der Waals surface area contributed by atoms with Gasteiger partial charge in [-0.15, -0.1) is 0 Å². The van der Waals surface area contributed by atoms with Crippen molar-refractivity contribution in [2.75, 3.05) is 37.6 Å². The summed E-state index contributed by atoms with van der Waals surface area (Å²) in [5, 5.41) is 2.99. The maximum atomic E-state index is 13.3. The number of ether oxygens (including phenoxy) is 1. The van der Waals surface area contributed by atoms with Crippen LogP contribution in [0, 0.1) is 18.8 Å². The Morgan fingerprint density at radius 3 is 2.78 bits per heavy atom. The molecule has 2 aliphatic rings. The number of benzene rings is 1. The Balaban J connectivity index is 1.39. The van der Waals surface area contributed by atoms with Crippen molar-refractivity contribution in [1.82, 2.24) is 15.2 Å². The number of carbonyl (C=O) groups is 2. The van der Waals surface area contributed by atoms with Crippen molar-refractivity contribution in [3.63, 3.8) is 0 Å². The third-order valence-electron chi connectivity index (χ3n) is 6.08. The first-order chi connectivity index (χ1) is 15.4. The SMILES string of the molecule is Cc1ccc2c(c1)N(CC(=O)NCCCN1C[C@H](C)C[C@@H](C)C1)C(=O)c1cccnc1O2. The molecular formula is C25H32N4O3. The van der Waals surface area contributed by atoms with E-state index in [9.17, 15) is 9.59 Å². The Labute approximate surface area is 189 Å². The first-order valence-electron chi connectivity index (χ1n) is 11.4. The molecule has 2 atom stereocenters. The second-order valence-corrected chi connectivity index (χ2v) is 9.23. The summed E-state index contributed by atoms with van der Waals surface area (Å²) in [6.45, 7) is 10.3. The van der Waals surface area contributed by atoms with Crippen LogP contribution in [0.4, 0.5) is 5.69 Å². The van der Waals surface area contributed by atoms with E-state index in [1.807, 2.05) is 25.1 Å². The molecule has 2 aliphatic heterocycles. The molecule has 0 radical (unpaired) electrons. The lowest BCUT2D eigenvalue weighted by Crippen LogP contribution is -2.42. The van der Waals surface area contributed by atoms with Gasteiger partial charge in [0, 0.05) is 25.8 Å². The lowest BCUT2D eigenvalue weighted by atomic mass is 9.92. The van der Waals surface area contributed by atoms with Crippen LogP contribution in [0.2, 0.25) is 0 Å². The Kier molecular flexibility index (Phi) is 6.74. The summed E-state index contributed by atoms with van der Waals surface area (Å²) >= 11 is 0. The van der Waals surface area contributed by atoms with E-state index in [4.69, 9.17) is 4.74 Å². The smallest absolute Gasteiger partial charge is 0.264 e. The van der Waals surface area contributed by atoms with Crippen molar-refractivity contribution in [1.29, 1.82) is 0 Å². The number of nitrogens with one attached hydrogen (secondary N) is 1. The molecule has 0 spiro atoms. The van der Waals surface area contributed by atoms with Crippen molar-refractivity contribution in [2.24, 2.45) is 11.8 Å². The first-order valence-corrected chi connectivity index (χ1v) is 11.4. The Morgan fingerprint density at radius 1 is 1.22 bits per heavy atom. The predicted molar refractivity (Wildman–Crippen MR) is 124 cm³/mol. The molecule has 7 heteroatoms. The van der Waals surface area contributed by atoms with Crippen LogP contribution in [0.25, 0.3) is 0 Å². The number of hydrogen-bond donors (Lipinski definition) is 1. The fourth-order valence-electron chi connectivity index (χ4n) is 4.78. The van der Waals surface area contributed by atoms with Gasteiger partial charge < -0.3 is 15.0 Å². The predicted octanol–water partition coefficient (Wildman–Crippen LogP) is 3.63. The number of amides is 2. The van der Waals surface area contributed by atoms with E-state index < -0.39 is 0 Å². The van der Waals surface area contributed by atoms with Crippen LogP contribution in [-0.2, 0) is 4.79 Å². The molecule has 1 aromatic carbocycles. The first kappa shape index (κ1) is 22.3. The molecular weight excluding hydrogens is 404 g/mol. The highest BCUT2D eigenvalue weighted by atomic mass is 16.5. The van der Waals surface area contributed by atoms with Crippen molar-refractivity contribution in [3.05, 3.63) is 47.7 Å². The van der Waals surface area contributed by atoms with Crippen LogP contribution in [0.1, 0.15) is 42.6 Å². The summed E-state index contributed by atoms with van der Waals surface area (Å²) in [4.78, 5) is 34.2. The van der Waals surface area contributed by atoms with Gasteiger partial charge >= 0.3 is 0 Å². The second-order valence-electron chi connectivity index (χ2n) is 9.23. The minimum atomic E-state index is -0.288. The third kappa shape index (κ3) is 5.10. The van der Waals surface area contributed by atoms with E-state index in [0.29, 0.717) is 23.5 Å². The van der Waals surface area contributed by atoms with Crippen molar-refractivity contribution in [2.45, 2.75) is 33.6 Å². The van der Waals surface area contributed by atoms with Gasteiger partial charge in [0.15, 0.2) is 5.75 Å². The summed E-state index contributed by atoms with van der Waals surface area (Å²) in [6, 6.07) is 8.97. The molecule has 0 bridgehead atoms. The lowest BCUT2D eigenvalue weighted by molar-refractivity contribution is -0.119. The van der Waals surface area contributed by atoms with Gasteiger partial charge in [0.05, 0.1) is 5.69 Å². The minimum absolute atomic E-state index is 0.0647. The fraction of sp³-hybridized carbons (Fsp3) is 0.480. The van der Waals surface area contributed by atoms with Crippen molar-refractivity contribution in [3.8, 4) is 11.6 Å². The Hall–Kier alpha value is -2.93. The summed E-state index contributed by atoms with van der Waals surface area (Å²) in [7, 11) is 0. The van der Waals surface area contributed by atoms with Gasteiger partial charge in [-0.25, -0.2) is 4.98 Å². The third-order valence-corrected chi connectivity index (χ3v) is 6.08. The molecule has 32 heavy (non-hydrogen) atoms. The molecule has 1 fully saturated rings. The maximum Gasteiger partial charge on any atom is 0.264 e. The summed E-state index contributed by atoms with van der Waals surface area (Å²) in [5.41, 5.74) is 1.91. The molecule has 1 N–H and O–H groups in total. The van der Waals surface area contributed by atoms with Crippen molar-refractivity contribution < 1.29 is 14.3 Å². The standard InChI is InChI=1S/C25H32N4O3/c1-17-7-8-22-21(13-17)29(25(31)20-6-4-9-27-24(20)32-22)16-23(30)26-10-5-11-28-14-18(2)12-19(3)15-28/h4,6-9,13,18-19H,5,10-12,14-16H2,1-3H3,(H,26,30)/t18-,19-/m1/s1. The van der Waals surface area contributed by atoms with Crippen molar-refractivity contribution >= 4 is 17.5 Å². The average molecular weight is 437 g/mol. The number of aromatic nitrogens is 1. The lowest BCUT2D eigenvalue weighted by Gasteiger charge is -2.34. The molecule has 2 amide bonds. The molecule has 0 saturated carbocycles. The van der Waals surface area contributed by atoms with Crippen LogP contribution in [0.15, 0.2) is 36.5 Å². The monoisotopic (exact) mass is 436 g/mol. The van der Waals surface area contributed by atoms with Gasteiger partial charge in [-0.2, -0.15) is 0 Å². The molecule has 7 nitrogen and oxygen atoms in total. The number of rotatable bonds is 6. The molecule has 0 aliphatic carbocycles. The Bertz CT molecular complexity index is 983. The molecule has 170 valence electrons. The van der Waals surface area contributed by atoms with Gasteiger partial charge in [-0.3, -0.25) is 14.5 Å². The van der Waals surface area contributed by atoms with E-state index in [1.165, 1.54) is 11.3 Å². The number of pyridine rings is 1. The molecule has 4 rings (SSSR count). The zero-order valence-electron chi connectivity index (χ0n) is 19.1. The largest absolute Gasteiger partial charge is 0.436 e. The average Bonchev–Trinajstić information content (AvgIpc) is 2.86. The highest BCUT2D eigenvalue weighted by molar-refractivity contribution is 6.11. The molecule has 2 aromatic rings. The fourth-order valence-corrected chi connectivity index (χ4v) is 4.78.